The molecular weight excluding hydrogens is 319 g/mol. The molecule has 0 fully saturated rings. The van der Waals surface area contributed by atoms with Crippen molar-refractivity contribution in [1.82, 2.24) is 5.32 Å². The fraction of sp³-hybridized carbons (Fsp3) is 0.167. The van der Waals surface area contributed by atoms with E-state index in [2.05, 4.69) is 5.32 Å². The second-order valence-corrected chi connectivity index (χ2v) is 5.43. The Hall–Kier alpha value is -2.76. The molecular formula is C18H14F3NO2. The van der Waals surface area contributed by atoms with Crippen LogP contribution in [0.2, 0.25) is 0 Å². The quantitative estimate of drug-likeness (QED) is 0.737. The molecule has 0 saturated heterocycles. The van der Waals surface area contributed by atoms with E-state index in [1.54, 1.807) is 19.1 Å². The van der Waals surface area contributed by atoms with E-state index in [4.69, 9.17) is 4.42 Å². The Labute approximate surface area is 136 Å². The van der Waals surface area contributed by atoms with Crippen LogP contribution in [-0.2, 0) is 6.18 Å². The van der Waals surface area contributed by atoms with Crippen LogP contribution in [-0.4, -0.2) is 5.91 Å². The van der Waals surface area contributed by atoms with E-state index in [1.807, 2.05) is 18.2 Å². The molecule has 1 heterocycles. The summed E-state index contributed by atoms with van der Waals surface area (Å²) in [6.07, 6.45) is -4.59. The predicted octanol–water partition coefficient (Wildman–Crippen LogP) is 4.94. The fourth-order valence-corrected chi connectivity index (χ4v) is 2.49. The number of furan rings is 1. The standard InChI is InChI=1S/C18H14F3NO2/c1-11(16-10-12-6-2-5-9-15(12)24-16)22-17(23)13-7-3-4-8-14(13)18(19,20)21/h2-11H,1H3,(H,22,23)/t11-/m1/s1. The molecule has 24 heavy (non-hydrogen) atoms. The van der Waals surface area contributed by atoms with E-state index in [0.717, 1.165) is 17.5 Å². The first-order valence-corrected chi connectivity index (χ1v) is 7.32. The topological polar surface area (TPSA) is 42.2 Å². The summed E-state index contributed by atoms with van der Waals surface area (Å²) in [5, 5.41) is 3.42. The normalized spacial score (nSPS) is 13.0. The molecule has 0 radical (unpaired) electrons. The Morgan fingerprint density at radius 1 is 1.08 bits per heavy atom. The third-order valence-electron chi connectivity index (χ3n) is 3.70. The second kappa shape index (κ2) is 6.03. The number of rotatable bonds is 3. The number of halogens is 3. The number of alkyl halides is 3. The van der Waals surface area contributed by atoms with Crippen LogP contribution < -0.4 is 5.32 Å². The van der Waals surface area contributed by atoms with Gasteiger partial charge in [0.2, 0.25) is 0 Å². The van der Waals surface area contributed by atoms with Gasteiger partial charge in [-0.05, 0) is 31.2 Å². The van der Waals surface area contributed by atoms with Crippen LogP contribution in [0.1, 0.15) is 34.6 Å². The van der Waals surface area contributed by atoms with Crippen LogP contribution in [0.4, 0.5) is 13.2 Å². The summed E-state index contributed by atoms with van der Waals surface area (Å²) in [7, 11) is 0. The van der Waals surface area contributed by atoms with Crippen LogP contribution in [0.3, 0.4) is 0 Å². The summed E-state index contributed by atoms with van der Waals surface area (Å²) in [4.78, 5) is 12.3. The Bertz CT molecular complexity index is 850. The molecule has 1 aromatic heterocycles. The first kappa shape index (κ1) is 16.1. The van der Waals surface area contributed by atoms with Crippen LogP contribution >= 0.6 is 0 Å². The molecule has 0 aliphatic rings. The number of benzene rings is 2. The summed E-state index contributed by atoms with van der Waals surface area (Å²) in [5.41, 5.74) is -0.712. The van der Waals surface area contributed by atoms with Gasteiger partial charge in [-0.3, -0.25) is 4.79 Å². The Kier molecular flexibility index (Phi) is 4.05. The first-order chi connectivity index (χ1) is 11.4. The lowest BCUT2D eigenvalue weighted by molar-refractivity contribution is -0.137. The van der Waals surface area contributed by atoms with Gasteiger partial charge >= 0.3 is 6.18 Å². The summed E-state index contributed by atoms with van der Waals surface area (Å²) in [6, 6.07) is 13.2. The van der Waals surface area contributed by atoms with Gasteiger partial charge in [0.1, 0.15) is 11.3 Å². The molecule has 3 nitrogen and oxygen atoms in total. The van der Waals surface area contributed by atoms with Gasteiger partial charge in [0.15, 0.2) is 0 Å². The number of fused-ring (bicyclic) bond motifs is 1. The van der Waals surface area contributed by atoms with E-state index < -0.39 is 29.3 Å². The van der Waals surface area contributed by atoms with Crippen LogP contribution in [0.15, 0.2) is 59.0 Å². The molecule has 3 aromatic rings. The van der Waals surface area contributed by atoms with Crippen molar-refractivity contribution in [1.29, 1.82) is 0 Å². The van der Waals surface area contributed by atoms with Crippen LogP contribution in [0, 0.1) is 0 Å². The highest BCUT2D eigenvalue weighted by molar-refractivity contribution is 5.96. The minimum Gasteiger partial charge on any atom is -0.459 e. The van der Waals surface area contributed by atoms with Gasteiger partial charge in [0, 0.05) is 5.39 Å². The van der Waals surface area contributed by atoms with E-state index in [9.17, 15) is 18.0 Å². The van der Waals surface area contributed by atoms with Gasteiger partial charge in [-0.15, -0.1) is 0 Å². The molecule has 2 aromatic carbocycles. The Morgan fingerprint density at radius 3 is 2.46 bits per heavy atom. The number of hydrogen-bond acceptors (Lipinski definition) is 2. The Morgan fingerprint density at radius 2 is 1.75 bits per heavy atom. The van der Waals surface area contributed by atoms with Gasteiger partial charge < -0.3 is 9.73 Å². The van der Waals surface area contributed by atoms with Crippen molar-refractivity contribution < 1.29 is 22.4 Å². The summed E-state index contributed by atoms with van der Waals surface area (Å²) in [6.45, 7) is 1.66. The lowest BCUT2D eigenvalue weighted by atomic mass is 10.1. The summed E-state index contributed by atoms with van der Waals surface area (Å²) in [5.74, 6) is -0.315. The van der Waals surface area contributed by atoms with E-state index >= 15 is 0 Å². The molecule has 0 bridgehead atoms. The van der Waals surface area contributed by atoms with E-state index in [-0.39, 0.29) is 0 Å². The van der Waals surface area contributed by atoms with Crippen molar-refractivity contribution in [2.24, 2.45) is 0 Å². The van der Waals surface area contributed by atoms with Gasteiger partial charge in [0.05, 0.1) is 17.2 Å². The van der Waals surface area contributed by atoms with Gasteiger partial charge in [0.25, 0.3) is 5.91 Å². The number of para-hydroxylation sites is 1. The molecule has 0 unspecified atom stereocenters. The van der Waals surface area contributed by atoms with Crippen molar-refractivity contribution in [2.45, 2.75) is 19.1 Å². The zero-order chi connectivity index (χ0) is 17.3. The molecule has 0 saturated carbocycles. The van der Waals surface area contributed by atoms with Gasteiger partial charge in [-0.25, -0.2) is 0 Å². The van der Waals surface area contributed by atoms with Crippen LogP contribution in [0.5, 0.6) is 0 Å². The molecule has 124 valence electrons. The van der Waals surface area contributed by atoms with E-state index in [0.29, 0.717) is 11.3 Å². The average molecular weight is 333 g/mol. The van der Waals surface area contributed by atoms with Crippen molar-refractivity contribution >= 4 is 16.9 Å². The van der Waals surface area contributed by atoms with Crippen molar-refractivity contribution in [3.63, 3.8) is 0 Å². The van der Waals surface area contributed by atoms with Gasteiger partial charge in [-0.2, -0.15) is 13.2 Å². The maximum Gasteiger partial charge on any atom is 0.417 e. The maximum absolute atomic E-state index is 13.0. The second-order valence-electron chi connectivity index (χ2n) is 5.43. The fourth-order valence-electron chi connectivity index (χ4n) is 2.49. The number of carbonyl (C=O) groups excluding carboxylic acids is 1. The average Bonchev–Trinajstić information content (AvgIpc) is 2.98. The molecule has 6 heteroatoms. The SMILES string of the molecule is C[C@@H](NC(=O)c1ccccc1C(F)(F)F)c1cc2ccccc2o1. The lowest BCUT2D eigenvalue weighted by Gasteiger charge is -2.15. The molecule has 0 aliphatic carbocycles. The van der Waals surface area contributed by atoms with Crippen molar-refractivity contribution in [2.75, 3.05) is 0 Å². The molecule has 1 amide bonds. The first-order valence-electron chi connectivity index (χ1n) is 7.32. The monoisotopic (exact) mass is 333 g/mol. The minimum absolute atomic E-state index is 0.409. The molecule has 0 aliphatic heterocycles. The zero-order valence-electron chi connectivity index (χ0n) is 12.7. The molecule has 0 spiro atoms. The third kappa shape index (κ3) is 3.13. The Balaban J connectivity index is 1.84. The van der Waals surface area contributed by atoms with Crippen LogP contribution in [0.25, 0.3) is 11.0 Å². The number of carbonyl (C=O) groups is 1. The maximum atomic E-state index is 13.0. The minimum atomic E-state index is -4.59. The number of nitrogens with one attached hydrogen (secondary N) is 1. The largest absolute Gasteiger partial charge is 0.459 e. The smallest absolute Gasteiger partial charge is 0.417 e. The predicted molar refractivity (Wildman–Crippen MR) is 83.5 cm³/mol. The summed E-state index contributed by atoms with van der Waals surface area (Å²) < 4.78 is 44.7. The highest BCUT2D eigenvalue weighted by Crippen LogP contribution is 2.32. The van der Waals surface area contributed by atoms with E-state index in [1.165, 1.54) is 12.1 Å². The van der Waals surface area contributed by atoms with Crippen molar-refractivity contribution in [3.05, 3.63) is 71.5 Å². The number of amides is 1. The lowest BCUT2D eigenvalue weighted by Crippen LogP contribution is -2.28. The van der Waals surface area contributed by atoms with Crippen molar-refractivity contribution in [3.8, 4) is 0 Å². The molecule has 1 N–H and O–H groups in total. The molecule has 1 atom stereocenters. The number of hydrogen-bond donors (Lipinski definition) is 1. The summed E-state index contributed by atoms with van der Waals surface area (Å²) >= 11 is 0. The molecule has 3 rings (SSSR count). The third-order valence-corrected chi connectivity index (χ3v) is 3.70. The zero-order valence-corrected chi connectivity index (χ0v) is 12.7. The highest BCUT2D eigenvalue weighted by atomic mass is 19.4. The highest BCUT2D eigenvalue weighted by Gasteiger charge is 2.35. The van der Waals surface area contributed by atoms with Gasteiger partial charge in [-0.1, -0.05) is 30.3 Å².